The second-order valence-corrected chi connectivity index (χ2v) is 12.3. The van der Waals surface area contributed by atoms with Crippen LogP contribution in [0.3, 0.4) is 0 Å². The molecule has 200 valence electrons. The van der Waals surface area contributed by atoms with Gasteiger partial charge in [-0.1, -0.05) is 90.3 Å². The summed E-state index contributed by atoms with van der Waals surface area (Å²) in [6, 6.07) is 19.8. The Bertz CT molecular complexity index is 1210. The molecule has 0 aliphatic carbocycles. The van der Waals surface area contributed by atoms with Crippen LogP contribution in [0.4, 0.5) is 4.79 Å². The molecule has 5 nitrogen and oxygen atoms in total. The van der Waals surface area contributed by atoms with Crippen molar-refractivity contribution < 1.29 is 19.1 Å². The van der Waals surface area contributed by atoms with Crippen LogP contribution in [0.2, 0.25) is 0 Å². The summed E-state index contributed by atoms with van der Waals surface area (Å²) in [5.74, 6) is -1.17. The van der Waals surface area contributed by atoms with E-state index < -0.39 is 23.7 Å². The van der Waals surface area contributed by atoms with Crippen LogP contribution in [0.5, 0.6) is 0 Å². The molecular weight excluding hydrogens is 514 g/mol. The van der Waals surface area contributed by atoms with Crippen LogP contribution in [0.25, 0.3) is 0 Å². The molecule has 3 aromatic rings. The van der Waals surface area contributed by atoms with Gasteiger partial charge in [0.1, 0.15) is 11.5 Å². The molecule has 0 radical (unpaired) electrons. The zero-order valence-electron chi connectivity index (χ0n) is 23.0. The summed E-state index contributed by atoms with van der Waals surface area (Å²) >= 11 is 2.10. The van der Waals surface area contributed by atoms with Crippen LogP contribution >= 0.6 is 23.5 Å². The molecule has 0 bridgehead atoms. The molecular formula is C31H35NO4S2. The Balaban J connectivity index is 2.08. The van der Waals surface area contributed by atoms with Crippen molar-refractivity contribution in [1.82, 2.24) is 5.32 Å². The first-order valence-corrected chi connectivity index (χ1v) is 14.1. The van der Waals surface area contributed by atoms with E-state index in [2.05, 4.69) is 5.32 Å². The molecule has 1 amide bonds. The molecule has 3 rings (SSSR count). The number of amides is 1. The third-order valence-electron chi connectivity index (χ3n) is 5.89. The maximum atomic E-state index is 14.0. The van der Waals surface area contributed by atoms with Gasteiger partial charge in [0.25, 0.3) is 0 Å². The number of hydrogen-bond donors (Lipinski definition) is 1. The highest BCUT2D eigenvalue weighted by Gasteiger charge is 2.39. The molecule has 0 fully saturated rings. The van der Waals surface area contributed by atoms with E-state index in [4.69, 9.17) is 4.74 Å². The zero-order valence-corrected chi connectivity index (χ0v) is 24.6. The fourth-order valence-electron chi connectivity index (χ4n) is 4.07. The van der Waals surface area contributed by atoms with Gasteiger partial charge in [-0.25, -0.2) is 4.79 Å². The Morgan fingerprint density at radius 2 is 1.11 bits per heavy atom. The van der Waals surface area contributed by atoms with Crippen LogP contribution < -0.4 is 5.32 Å². The highest BCUT2D eigenvalue weighted by molar-refractivity contribution is 8.16. The lowest BCUT2D eigenvalue weighted by Gasteiger charge is -2.28. The summed E-state index contributed by atoms with van der Waals surface area (Å²) in [5.41, 5.74) is 3.71. The lowest BCUT2D eigenvalue weighted by atomic mass is 9.95. The predicted molar refractivity (Wildman–Crippen MR) is 156 cm³/mol. The van der Waals surface area contributed by atoms with E-state index in [9.17, 15) is 14.4 Å². The first kappa shape index (κ1) is 29.5. The molecule has 3 aromatic carbocycles. The van der Waals surface area contributed by atoms with Crippen molar-refractivity contribution in [1.29, 1.82) is 0 Å². The fourth-order valence-corrected chi connectivity index (χ4v) is 6.20. The number of carbonyl (C=O) groups is 3. The third-order valence-corrected chi connectivity index (χ3v) is 8.50. The predicted octanol–water partition coefficient (Wildman–Crippen LogP) is 7.74. The van der Waals surface area contributed by atoms with Crippen LogP contribution in [-0.2, 0) is 14.3 Å². The monoisotopic (exact) mass is 549 g/mol. The van der Waals surface area contributed by atoms with E-state index in [-0.39, 0.29) is 10.2 Å². The van der Waals surface area contributed by atoms with Crippen LogP contribution in [0.15, 0.2) is 76.5 Å². The van der Waals surface area contributed by atoms with Crippen molar-refractivity contribution in [3.8, 4) is 0 Å². The Morgan fingerprint density at radius 1 is 0.684 bits per heavy atom. The lowest BCUT2D eigenvalue weighted by Crippen LogP contribution is -2.41. The standard InChI is InChI=1S/C31H35NO4S2/c1-19-13-11-14-20(2)26(19)37-28(33)24(29(34)38-27-21(3)15-12-16-22(27)4)25(23-17-9-8-10-18-23)32-30(35)36-31(5,6)7/h8-18,24-25H,1-7H3,(H,32,35)/t25-/m0/s1. The van der Waals surface area contributed by atoms with Gasteiger partial charge in [-0.2, -0.15) is 0 Å². The highest BCUT2D eigenvalue weighted by atomic mass is 32.2. The summed E-state index contributed by atoms with van der Waals surface area (Å²) in [4.78, 5) is 42.7. The van der Waals surface area contributed by atoms with Gasteiger partial charge in [0, 0.05) is 9.79 Å². The van der Waals surface area contributed by atoms with Crippen LogP contribution in [-0.4, -0.2) is 21.9 Å². The van der Waals surface area contributed by atoms with Gasteiger partial charge in [-0.15, -0.1) is 0 Å². The number of ether oxygens (including phenoxy) is 1. The molecule has 1 N–H and O–H groups in total. The lowest BCUT2D eigenvalue weighted by molar-refractivity contribution is -0.124. The molecule has 0 aliphatic heterocycles. The summed E-state index contributed by atoms with van der Waals surface area (Å²) in [7, 11) is 0. The summed E-state index contributed by atoms with van der Waals surface area (Å²) < 4.78 is 5.53. The molecule has 0 saturated heterocycles. The maximum absolute atomic E-state index is 14.0. The van der Waals surface area contributed by atoms with Gasteiger partial charge < -0.3 is 10.1 Å². The number of rotatable bonds is 7. The van der Waals surface area contributed by atoms with E-state index in [0.717, 1.165) is 55.6 Å². The van der Waals surface area contributed by atoms with Crippen molar-refractivity contribution >= 4 is 39.8 Å². The van der Waals surface area contributed by atoms with Gasteiger partial charge in [0.15, 0.2) is 0 Å². The van der Waals surface area contributed by atoms with Gasteiger partial charge in [0.05, 0.1) is 6.04 Å². The summed E-state index contributed by atoms with van der Waals surface area (Å²) in [5, 5.41) is 2.18. The number of benzene rings is 3. The van der Waals surface area contributed by atoms with E-state index in [1.54, 1.807) is 20.8 Å². The Hall–Kier alpha value is -3.03. The SMILES string of the molecule is Cc1cccc(C)c1SC(=O)C(C(=O)Sc1c(C)cccc1C)[C@@H](NC(=O)OC(C)(C)C)c1ccccc1. The highest BCUT2D eigenvalue weighted by Crippen LogP contribution is 2.39. The Labute approximate surface area is 234 Å². The quantitative estimate of drug-likeness (QED) is 0.240. The topological polar surface area (TPSA) is 72.5 Å². The zero-order chi connectivity index (χ0) is 28.0. The largest absolute Gasteiger partial charge is 0.444 e. The molecule has 7 heteroatoms. The first-order valence-electron chi connectivity index (χ1n) is 12.5. The molecule has 0 saturated carbocycles. The molecule has 0 aliphatic rings. The van der Waals surface area contributed by atoms with Crippen molar-refractivity contribution in [3.63, 3.8) is 0 Å². The van der Waals surface area contributed by atoms with Crippen molar-refractivity contribution in [3.05, 3.63) is 94.5 Å². The molecule has 0 heterocycles. The Morgan fingerprint density at radius 3 is 1.50 bits per heavy atom. The number of thioether (sulfide) groups is 2. The van der Waals surface area contributed by atoms with Gasteiger partial charge >= 0.3 is 6.09 Å². The van der Waals surface area contributed by atoms with Crippen LogP contribution in [0, 0.1) is 33.6 Å². The number of nitrogens with one attached hydrogen (secondary N) is 1. The third kappa shape index (κ3) is 7.74. The Kier molecular flexibility index (Phi) is 9.85. The van der Waals surface area contributed by atoms with Crippen molar-refractivity contribution in [2.75, 3.05) is 0 Å². The van der Waals surface area contributed by atoms with E-state index in [1.165, 1.54) is 0 Å². The molecule has 0 spiro atoms. The summed E-state index contributed by atoms with van der Waals surface area (Å²) in [6.07, 6.45) is -0.689. The molecule has 0 aromatic heterocycles. The van der Waals surface area contributed by atoms with E-state index >= 15 is 0 Å². The molecule has 1 atom stereocenters. The van der Waals surface area contributed by atoms with Gasteiger partial charge in [0.2, 0.25) is 10.2 Å². The fraction of sp³-hybridized carbons (Fsp3) is 0.323. The van der Waals surface area contributed by atoms with Gasteiger partial charge in [-0.3, -0.25) is 9.59 Å². The molecule has 0 unspecified atom stereocenters. The normalized spacial score (nSPS) is 12.2. The number of aryl methyl sites for hydroxylation is 4. The minimum Gasteiger partial charge on any atom is -0.444 e. The number of hydrogen-bond acceptors (Lipinski definition) is 6. The van der Waals surface area contributed by atoms with E-state index in [0.29, 0.717) is 5.56 Å². The van der Waals surface area contributed by atoms with E-state index in [1.807, 2.05) is 94.4 Å². The van der Waals surface area contributed by atoms with Crippen LogP contribution in [0.1, 0.15) is 54.6 Å². The smallest absolute Gasteiger partial charge is 0.408 e. The average molecular weight is 550 g/mol. The average Bonchev–Trinajstić information content (AvgIpc) is 2.83. The minimum absolute atomic E-state index is 0.337. The number of carbonyl (C=O) groups excluding carboxylic acids is 3. The number of alkyl carbamates (subject to hydrolysis) is 1. The summed E-state index contributed by atoms with van der Waals surface area (Å²) in [6.45, 7) is 13.1. The second kappa shape index (κ2) is 12.7. The van der Waals surface area contributed by atoms with Gasteiger partial charge in [-0.05, 0) is 76.3 Å². The van der Waals surface area contributed by atoms with Crippen molar-refractivity contribution in [2.24, 2.45) is 5.92 Å². The maximum Gasteiger partial charge on any atom is 0.408 e. The first-order chi connectivity index (χ1) is 17.9. The van der Waals surface area contributed by atoms with Crippen molar-refractivity contribution in [2.45, 2.75) is 69.9 Å². The molecule has 38 heavy (non-hydrogen) atoms. The second-order valence-electron chi connectivity index (χ2n) is 10.3. The minimum atomic E-state index is -1.17.